The van der Waals surface area contributed by atoms with E-state index >= 15 is 0 Å². The summed E-state index contributed by atoms with van der Waals surface area (Å²) in [5.41, 5.74) is 0.487. The van der Waals surface area contributed by atoms with Crippen LogP contribution in [-0.2, 0) is 4.79 Å². The van der Waals surface area contributed by atoms with Gasteiger partial charge in [-0.1, -0.05) is 29.3 Å². The van der Waals surface area contributed by atoms with Crippen molar-refractivity contribution in [3.8, 4) is 0 Å². The van der Waals surface area contributed by atoms with Gasteiger partial charge in [-0.05, 0) is 12.1 Å². The quantitative estimate of drug-likeness (QED) is 0.892. The van der Waals surface area contributed by atoms with Crippen molar-refractivity contribution in [2.75, 3.05) is 38.0 Å². The van der Waals surface area contributed by atoms with Gasteiger partial charge in [0.25, 0.3) is 0 Å². The van der Waals surface area contributed by atoms with Gasteiger partial charge in [-0.25, -0.2) is 0 Å². The minimum Gasteiger partial charge on any atom is -0.322 e. The lowest BCUT2D eigenvalue weighted by molar-refractivity contribution is -0.117. The van der Waals surface area contributed by atoms with Crippen molar-refractivity contribution in [3.63, 3.8) is 0 Å². The first-order chi connectivity index (χ1) is 8.66. The molecule has 18 heavy (non-hydrogen) atoms. The van der Waals surface area contributed by atoms with Gasteiger partial charge in [-0.2, -0.15) is 0 Å². The molecule has 0 bridgehead atoms. The maximum Gasteiger partial charge on any atom is 0.238 e. The molecule has 0 unspecified atom stereocenters. The van der Waals surface area contributed by atoms with Gasteiger partial charge in [0.15, 0.2) is 0 Å². The number of nitrogens with zero attached hydrogens (tertiary/aromatic N) is 1. The molecule has 98 valence electrons. The van der Waals surface area contributed by atoms with E-state index in [4.69, 9.17) is 23.2 Å². The summed E-state index contributed by atoms with van der Waals surface area (Å²) in [6.45, 7) is 3.96. The number of rotatable bonds is 3. The molecule has 1 aliphatic heterocycles. The van der Waals surface area contributed by atoms with Gasteiger partial charge in [-0.3, -0.25) is 9.69 Å². The molecule has 6 heteroatoms. The Hall–Kier alpha value is -0.810. The van der Waals surface area contributed by atoms with E-state index in [1.165, 1.54) is 0 Å². The molecule has 0 radical (unpaired) electrons. The van der Waals surface area contributed by atoms with Crippen LogP contribution in [0.4, 0.5) is 5.69 Å². The monoisotopic (exact) mass is 287 g/mol. The Kier molecular flexibility index (Phi) is 4.83. The van der Waals surface area contributed by atoms with Gasteiger partial charge in [0.05, 0.1) is 22.3 Å². The Bertz CT molecular complexity index is 413. The molecule has 1 amide bonds. The molecule has 1 aromatic carbocycles. The number of carbonyl (C=O) groups excluding carboxylic acids is 1. The maximum absolute atomic E-state index is 11.9. The second kappa shape index (κ2) is 6.38. The van der Waals surface area contributed by atoms with Crippen molar-refractivity contribution >= 4 is 34.8 Å². The highest BCUT2D eigenvalue weighted by molar-refractivity contribution is 6.39. The number of benzene rings is 1. The topological polar surface area (TPSA) is 44.4 Å². The number of piperazine rings is 1. The largest absolute Gasteiger partial charge is 0.322 e. The molecule has 1 fully saturated rings. The summed E-state index contributed by atoms with van der Waals surface area (Å²) >= 11 is 12.0. The number of hydrogen-bond donors (Lipinski definition) is 2. The molecule has 0 atom stereocenters. The third-order valence-corrected chi connectivity index (χ3v) is 3.43. The van der Waals surface area contributed by atoms with E-state index in [0.717, 1.165) is 26.2 Å². The number of carbonyl (C=O) groups is 1. The number of para-hydroxylation sites is 1. The second-order valence-electron chi connectivity index (χ2n) is 4.17. The van der Waals surface area contributed by atoms with Crippen LogP contribution in [0.1, 0.15) is 0 Å². The number of amides is 1. The zero-order chi connectivity index (χ0) is 13.0. The minimum atomic E-state index is -0.0908. The molecule has 0 saturated carbocycles. The van der Waals surface area contributed by atoms with Crippen molar-refractivity contribution in [2.24, 2.45) is 0 Å². The van der Waals surface area contributed by atoms with Gasteiger partial charge in [0.2, 0.25) is 5.91 Å². The zero-order valence-electron chi connectivity index (χ0n) is 9.88. The van der Waals surface area contributed by atoms with E-state index in [0.29, 0.717) is 22.3 Å². The summed E-state index contributed by atoms with van der Waals surface area (Å²) in [4.78, 5) is 14.0. The lowest BCUT2D eigenvalue weighted by Gasteiger charge is -2.26. The Morgan fingerprint density at radius 2 is 1.89 bits per heavy atom. The van der Waals surface area contributed by atoms with Crippen molar-refractivity contribution in [1.29, 1.82) is 0 Å². The summed E-state index contributed by atoms with van der Waals surface area (Å²) < 4.78 is 0. The van der Waals surface area contributed by atoms with Gasteiger partial charge in [0, 0.05) is 26.2 Å². The first-order valence-electron chi connectivity index (χ1n) is 5.84. The SMILES string of the molecule is O=C(CN1CCNCC1)Nc1c(Cl)cccc1Cl. The normalized spacial score (nSPS) is 16.6. The Labute approximate surface area is 116 Å². The molecule has 2 rings (SSSR count). The van der Waals surface area contributed by atoms with Crippen LogP contribution in [0.15, 0.2) is 18.2 Å². The molecule has 1 aliphatic rings. The molecule has 0 spiro atoms. The number of nitrogens with one attached hydrogen (secondary N) is 2. The number of anilines is 1. The van der Waals surface area contributed by atoms with Crippen molar-refractivity contribution < 1.29 is 4.79 Å². The van der Waals surface area contributed by atoms with Crippen molar-refractivity contribution in [2.45, 2.75) is 0 Å². The van der Waals surface area contributed by atoms with Crippen LogP contribution < -0.4 is 10.6 Å². The Balaban J connectivity index is 1.94. The van der Waals surface area contributed by atoms with Crippen LogP contribution >= 0.6 is 23.2 Å². The first-order valence-corrected chi connectivity index (χ1v) is 6.59. The van der Waals surface area contributed by atoms with E-state index in [1.54, 1.807) is 18.2 Å². The number of halogens is 2. The fourth-order valence-electron chi connectivity index (χ4n) is 1.87. The Morgan fingerprint density at radius 1 is 1.28 bits per heavy atom. The molecule has 0 aliphatic carbocycles. The summed E-state index contributed by atoms with van der Waals surface area (Å²) in [5.74, 6) is -0.0908. The minimum absolute atomic E-state index is 0.0908. The lowest BCUT2D eigenvalue weighted by Crippen LogP contribution is -2.46. The third kappa shape index (κ3) is 3.59. The molecule has 1 saturated heterocycles. The summed E-state index contributed by atoms with van der Waals surface area (Å²) in [5, 5.41) is 6.91. The summed E-state index contributed by atoms with van der Waals surface area (Å²) in [7, 11) is 0. The number of hydrogen-bond acceptors (Lipinski definition) is 3. The van der Waals surface area contributed by atoms with E-state index < -0.39 is 0 Å². The van der Waals surface area contributed by atoms with E-state index in [9.17, 15) is 4.79 Å². The Morgan fingerprint density at radius 3 is 2.50 bits per heavy atom. The van der Waals surface area contributed by atoms with Crippen molar-refractivity contribution in [3.05, 3.63) is 28.2 Å². The van der Waals surface area contributed by atoms with Crippen LogP contribution in [0.3, 0.4) is 0 Å². The molecule has 4 nitrogen and oxygen atoms in total. The molecule has 0 aromatic heterocycles. The van der Waals surface area contributed by atoms with Crippen LogP contribution in [0.2, 0.25) is 10.0 Å². The van der Waals surface area contributed by atoms with Gasteiger partial charge in [-0.15, -0.1) is 0 Å². The highest BCUT2D eigenvalue weighted by atomic mass is 35.5. The summed E-state index contributed by atoms with van der Waals surface area (Å²) in [6.07, 6.45) is 0. The fraction of sp³-hybridized carbons (Fsp3) is 0.417. The highest BCUT2D eigenvalue weighted by Crippen LogP contribution is 2.29. The zero-order valence-corrected chi connectivity index (χ0v) is 11.4. The second-order valence-corrected chi connectivity index (χ2v) is 4.99. The van der Waals surface area contributed by atoms with Crippen LogP contribution in [0.25, 0.3) is 0 Å². The van der Waals surface area contributed by atoms with Gasteiger partial charge < -0.3 is 10.6 Å². The van der Waals surface area contributed by atoms with E-state index in [-0.39, 0.29) is 5.91 Å². The molecule has 1 heterocycles. The smallest absolute Gasteiger partial charge is 0.238 e. The average molecular weight is 288 g/mol. The van der Waals surface area contributed by atoms with Gasteiger partial charge in [0.1, 0.15) is 0 Å². The van der Waals surface area contributed by atoms with E-state index in [2.05, 4.69) is 15.5 Å². The van der Waals surface area contributed by atoms with Crippen LogP contribution in [-0.4, -0.2) is 43.5 Å². The predicted molar refractivity (Wildman–Crippen MR) is 74.4 cm³/mol. The molecular weight excluding hydrogens is 273 g/mol. The molecular formula is C12H15Cl2N3O. The maximum atomic E-state index is 11.9. The first kappa shape index (κ1) is 13.6. The predicted octanol–water partition coefficient (Wildman–Crippen LogP) is 1.84. The van der Waals surface area contributed by atoms with Crippen LogP contribution in [0.5, 0.6) is 0 Å². The third-order valence-electron chi connectivity index (χ3n) is 2.80. The summed E-state index contributed by atoms with van der Waals surface area (Å²) in [6, 6.07) is 5.15. The standard InChI is InChI=1S/C12H15Cl2N3O/c13-9-2-1-3-10(14)12(9)16-11(18)8-17-6-4-15-5-7-17/h1-3,15H,4-8H2,(H,16,18). The van der Waals surface area contributed by atoms with Gasteiger partial charge >= 0.3 is 0 Å². The molecule has 1 aromatic rings. The van der Waals surface area contributed by atoms with E-state index in [1.807, 2.05) is 0 Å². The molecule has 2 N–H and O–H groups in total. The van der Waals surface area contributed by atoms with Crippen LogP contribution in [0, 0.1) is 0 Å². The highest BCUT2D eigenvalue weighted by Gasteiger charge is 2.15. The lowest BCUT2D eigenvalue weighted by atomic mass is 10.3. The average Bonchev–Trinajstić information content (AvgIpc) is 2.35. The van der Waals surface area contributed by atoms with Crippen molar-refractivity contribution in [1.82, 2.24) is 10.2 Å². The fourth-order valence-corrected chi connectivity index (χ4v) is 2.36.